The Balaban J connectivity index is 1.30. The van der Waals surface area contributed by atoms with Gasteiger partial charge in [-0.05, 0) is 41.7 Å². The van der Waals surface area contributed by atoms with Crippen molar-refractivity contribution in [3.8, 4) is 5.75 Å². The van der Waals surface area contributed by atoms with Gasteiger partial charge in [0.05, 0.1) is 30.1 Å². The first-order valence-electron chi connectivity index (χ1n) is 12.5. The largest absolute Gasteiger partial charge is 0.496 e. The Morgan fingerprint density at radius 1 is 1.08 bits per heavy atom. The van der Waals surface area contributed by atoms with Crippen LogP contribution in [0.4, 0.5) is 11.6 Å². The molecule has 1 fully saturated rings. The number of fused-ring (bicyclic) bond motifs is 1. The molecule has 1 saturated carbocycles. The Hall–Kier alpha value is -4.50. The lowest BCUT2D eigenvalue weighted by Gasteiger charge is -2.17. The maximum absolute atomic E-state index is 13.1. The minimum atomic E-state index is -0.329. The Labute approximate surface area is 220 Å². The van der Waals surface area contributed by atoms with E-state index in [9.17, 15) is 9.90 Å². The summed E-state index contributed by atoms with van der Waals surface area (Å²) in [7, 11) is 1.55. The Morgan fingerprint density at radius 3 is 2.61 bits per heavy atom. The van der Waals surface area contributed by atoms with E-state index in [4.69, 9.17) is 15.9 Å². The lowest BCUT2D eigenvalue weighted by molar-refractivity contribution is 0.0949. The molecule has 1 aliphatic rings. The van der Waals surface area contributed by atoms with Crippen LogP contribution < -0.4 is 21.1 Å². The van der Waals surface area contributed by atoms with Crippen LogP contribution in [0.3, 0.4) is 0 Å². The first-order chi connectivity index (χ1) is 18.4. The van der Waals surface area contributed by atoms with E-state index in [2.05, 4.69) is 20.6 Å². The van der Waals surface area contributed by atoms with Crippen molar-refractivity contribution in [2.24, 2.45) is 0 Å². The zero-order valence-corrected chi connectivity index (χ0v) is 21.1. The number of nitrogens with one attached hydrogen (secondary N) is 3. The van der Waals surface area contributed by atoms with Crippen LogP contribution in [-0.2, 0) is 6.54 Å². The summed E-state index contributed by atoms with van der Waals surface area (Å²) in [5.74, 6) is 0.995. The van der Waals surface area contributed by atoms with Gasteiger partial charge in [0.1, 0.15) is 23.7 Å². The van der Waals surface area contributed by atoms with Crippen molar-refractivity contribution >= 4 is 34.0 Å². The maximum Gasteiger partial charge on any atom is 0.255 e. The normalized spacial score (nSPS) is 16.8. The zero-order valence-electron chi connectivity index (χ0n) is 21.1. The molecule has 1 heterocycles. The molecule has 1 aromatic heterocycles. The molecular formula is C29H30N6O3. The summed E-state index contributed by atoms with van der Waals surface area (Å²) in [4.78, 5) is 21.5. The molecule has 2 unspecified atom stereocenters. The summed E-state index contributed by atoms with van der Waals surface area (Å²) >= 11 is 0. The summed E-state index contributed by atoms with van der Waals surface area (Å²) in [5.41, 5.74) is 8.80. The standard InChI is InChI=1S/C29H30N6O3/c1-38-23-13-10-18-4-2-3-5-22(18)24(23)29(37)32-15-17-6-8-19(9-7-17)26(30)25-27(31)33-16-34-28(25)35-20-11-12-21(36)14-20/h2-10,13,16,20-21,30,36H,11-12,14-15H2,1H3,(H,32,37)(H3,31,33,34,35). The number of ether oxygens (including phenoxy) is 1. The highest BCUT2D eigenvalue weighted by Crippen LogP contribution is 2.29. The number of carbonyl (C=O) groups is 1. The third-order valence-corrected chi connectivity index (χ3v) is 6.91. The molecule has 0 spiro atoms. The summed E-state index contributed by atoms with van der Waals surface area (Å²) in [6, 6.07) is 18.9. The van der Waals surface area contributed by atoms with E-state index in [1.54, 1.807) is 13.2 Å². The number of nitrogens with two attached hydrogens (primary N) is 1. The Bertz CT molecular complexity index is 1490. The van der Waals surface area contributed by atoms with E-state index in [0.717, 1.165) is 29.2 Å². The molecule has 3 aromatic carbocycles. The zero-order chi connectivity index (χ0) is 26.6. The minimum absolute atomic E-state index is 0.0668. The van der Waals surface area contributed by atoms with Crippen LogP contribution in [0.15, 0.2) is 67.0 Å². The summed E-state index contributed by atoms with van der Waals surface area (Å²) in [6.45, 7) is 0.312. The highest BCUT2D eigenvalue weighted by molar-refractivity contribution is 6.16. The molecule has 9 nitrogen and oxygen atoms in total. The van der Waals surface area contributed by atoms with Crippen molar-refractivity contribution in [2.45, 2.75) is 38.0 Å². The van der Waals surface area contributed by atoms with Gasteiger partial charge < -0.3 is 26.2 Å². The number of nitrogens with zero attached hydrogens (tertiary/aromatic N) is 2. The molecule has 9 heteroatoms. The first-order valence-corrected chi connectivity index (χ1v) is 12.5. The number of rotatable bonds is 8. The molecule has 4 aromatic rings. The first kappa shape index (κ1) is 25.2. The Kier molecular flexibility index (Phi) is 7.19. The van der Waals surface area contributed by atoms with Gasteiger partial charge >= 0.3 is 0 Å². The fourth-order valence-corrected chi connectivity index (χ4v) is 4.90. The van der Waals surface area contributed by atoms with Crippen molar-refractivity contribution in [2.75, 3.05) is 18.2 Å². The highest BCUT2D eigenvalue weighted by Gasteiger charge is 2.25. The van der Waals surface area contributed by atoms with Gasteiger partial charge in [-0.3, -0.25) is 10.2 Å². The van der Waals surface area contributed by atoms with Crippen LogP contribution in [0.5, 0.6) is 5.75 Å². The van der Waals surface area contributed by atoms with E-state index in [-0.39, 0.29) is 29.6 Å². The Morgan fingerprint density at radius 2 is 1.87 bits per heavy atom. The smallest absolute Gasteiger partial charge is 0.255 e. The molecule has 1 aliphatic carbocycles. The summed E-state index contributed by atoms with van der Waals surface area (Å²) < 4.78 is 5.45. The van der Waals surface area contributed by atoms with E-state index in [1.807, 2.05) is 54.6 Å². The van der Waals surface area contributed by atoms with Gasteiger partial charge in [-0.2, -0.15) is 0 Å². The number of hydrogen-bond donors (Lipinski definition) is 5. The third-order valence-electron chi connectivity index (χ3n) is 6.91. The number of benzene rings is 3. The number of nitrogen functional groups attached to an aromatic ring is 1. The quantitative estimate of drug-likeness (QED) is 0.226. The number of hydrogen-bond acceptors (Lipinski definition) is 8. The van der Waals surface area contributed by atoms with Crippen molar-refractivity contribution < 1.29 is 14.6 Å². The number of aliphatic hydroxyl groups excluding tert-OH is 1. The van der Waals surface area contributed by atoms with Gasteiger partial charge in [0, 0.05) is 18.2 Å². The van der Waals surface area contributed by atoms with Gasteiger partial charge in [-0.1, -0.05) is 54.6 Å². The molecule has 1 amide bonds. The topological polar surface area (TPSA) is 146 Å². The van der Waals surface area contributed by atoms with Crippen LogP contribution in [-0.4, -0.2) is 45.9 Å². The molecule has 0 saturated heterocycles. The fraction of sp³-hybridized carbons (Fsp3) is 0.241. The summed E-state index contributed by atoms with van der Waals surface area (Å²) in [6.07, 6.45) is 3.22. The highest BCUT2D eigenvalue weighted by atomic mass is 16.5. The van der Waals surface area contributed by atoms with E-state index in [1.165, 1.54) is 6.33 Å². The number of amides is 1. The van der Waals surface area contributed by atoms with Crippen LogP contribution >= 0.6 is 0 Å². The number of carbonyl (C=O) groups excluding carboxylic acids is 1. The average molecular weight is 511 g/mol. The molecule has 194 valence electrons. The molecule has 6 N–H and O–H groups in total. The molecule has 38 heavy (non-hydrogen) atoms. The van der Waals surface area contributed by atoms with Crippen LogP contribution in [0, 0.1) is 5.41 Å². The van der Waals surface area contributed by atoms with Gasteiger partial charge in [-0.25, -0.2) is 9.97 Å². The van der Waals surface area contributed by atoms with Crippen LogP contribution in [0.1, 0.15) is 46.3 Å². The second kappa shape index (κ2) is 10.9. The number of methoxy groups -OCH3 is 1. The second-order valence-electron chi connectivity index (χ2n) is 9.41. The molecule has 5 rings (SSSR count). The van der Waals surface area contributed by atoms with Crippen molar-refractivity contribution in [3.05, 3.63) is 89.2 Å². The lowest BCUT2D eigenvalue weighted by atomic mass is 10.0. The summed E-state index contributed by atoms with van der Waals surface area (Å²) in [5, 5.41) is 26.8. The molecule has 2 atom stereocenters. The van der Waals surface area contributed by atoms with Crippen LogP contribution in [0.25, 0.3) is 10.8 Å². The molecule has 0 aliphatic heterocycles. The van der Waals surface area contributed by atoms with Crippen molar-refractivity contribution in [1.29, 1.82) is 5.41 Å². The van der Waals surface area contributed by atoms with Gasteiger partial charge in [0.15, 0.2) is 0 Å². The van der Waals surface area contributed by atoms with Crippen molar-refractivity contribution in [1.82, 2.24) is 15.3 Å². The average Bonchev–Trinajstić information content (AvgIpc) is 3.35. The SMILES string of the molecule is COc1ccc2ccccc2c1C(=O)NCc1ccc(C(=N)c2c(N)ncnc2NC2CCC(O)C2)cc1. The van der Waals surface area contributed by atoms with Crippen LogP contribution in [0.2, 0.25) is 0 Å². The fourth-order valence-electron chi connectivity index (χ4n) is 4.90. The lowest BCUT2D eigenvalue weighted by Crippen LogP contribution is -2.23. The third kappa shape index (κ3) is 5.14. The molecule has 0 bridgehead atoms. The molecule has 0 radical (unpaired) electrons. The van der Waals surface area contributed by atoms with Gasteiger partial charge in [0.2, 0.25) is 0 Å². The van der Waals surface area contributed by atoms with Gasteiger partial charge in [-0.15, -0.1) is 0 Å². The monoisotopic (exact) mass is 510 g/mol. The van der Waals surface area contributed by atoms with Gasteiger partial charge in [0.25, 0.3) is 5.91 Å². The predicted molar refractivity (Wildman–Crippen MR) is 148 cm³/mol. The van der Waals surface area contributed by atoms with E-state index < -0.39 is 0 Å². The number of anilines is 2. The number of aliphatic hydroxyl groups is 1. The van der Waals surface area contributed by atoms with E-state index in [0.29, 0.717) is 41.2 Å². The second-order valence-corrected chi connectivity index (χ2v) is 9.41. The maximum atomic E-state index is 13.1. The molecular weight excluding hydrogens is 480 g/mol. The predicted octanol–water partition coefficient (Wildman–Crippen LogP) is 3.89. The number of aromatic nitrogens is 2. The van der Waals surface area contributed by atoms with Crippen molar-refractivity contribution in [3.63, 3.8) is 0 Å². The minimum Gasteiger partial charge on any atom is -0.496 e. The van der Waals surface area contributed by atoms with E-state index >= 15 is 0 Å².